The topological polar surface area (TPSA) is 161 Å². The molecular weight excluding hydrogens is 723 g/mol. The number of aryl methyl sites for hydroxylation is 1. The highest BCUT2D eigenvalue weighted by Crippen LogP contribution is 2.54. The Morgan fingerprint density at radius 3 is 2.05 bits per heavy atom. The van der Waals surface area contributed by atoms with Gasteiger partial charge in [-0.05, 0) is 48.9 Å². The zero-order valence-electron chi connectivity index (χ0n) is 29.9. The summed E-state index contributed by atoms with van der Waals surface area (Å²) in [5.41, 5.74) is -3.79. The van der Waals surface area contributed by atoms with E-state index in [0.29, 0.717) is 28.2 Å². The van der Waals surface area contributed by atoms with E-state index < -0.39 is 59.4 Å². The number of halogens is 3. The van der Waals surface area contributed by atoms with Crippen LogP contribution in [0.5, 0.6) is 17.2 Å². The molecule has 1 aliphatic heterocycles. The number of hydrogen-bond acceptors (Lipinski definition) is 9. The van der Waals surface area contributed by atoms with Gasteiger partial charge in [0.25, 0.3) is 5.56 Å². The van der Waals surface area contributed by atoms with Gasteiger partial charge in [-0.1, -0.05) is 66.7 Å². The molecule has 4 aromatic carbocycles. The Kier molecular flexibility index (Phi) is 10.9. The molecule has 1 amide bonds. The quantitative estimate of drug-likeness (QED) is 0.130. The fourth-order valence-electron chi connectivity index (χ4n) is 7.15. The van der Waals surface area contributed by atoms with Crippen molar-refractivity contribution in [1.29, 1.82) is 0 Å². The van der Waals surface area contributed by atoms with E-state index >= 15 is 0 Å². The molecule has 0 spiro atoms. The molecule has 0 aliphatic carbocycles. The predicted octanol–water partition coefficient (Wildman–Crippen LogP) is 4.86. The normalized spacial score (nSPS) is 19.1. The molecular formula is C40H38F3N3O9. The standard InChI is InChI=1S/C40H38F3N3O9/c1-24-22-46(37(51)45-34(24)48)33-21-32(47)38(55-33,23-54-27-19-17-26(18-20-27)44-36(50)40(41,42)43)35(49)39(25-11-5-4-6-12-25,28-13-7-9-15-30(28)52-2)29-14-8-10-16-31(29)53-3/h4-20,22,32-33,35,47,49H,21,23H2,1-3H3,(H,44,50)(H,45,48,51)/t32-,33+,35?,38-/m0/s1. The smallest absolute Gasteiger partial charge is 0.471 e. The summed E-state index contributed by atoms with van der Waals surface area (Å²) in [7, 11) is 2.95. The van der Waals surface area contributed by atoms with Gasteiger partial charge in [-0.3, -0.25) is 19.1 Å². The number of amides is 1. The first-order valence-corrected chi connectivity index (χ1v) is 17.1. The lowest BCUT2D eigenvalue weighted by Gasteiger charge is -2.48. The van der Waals surface area contributed by atoms with Gasteiger partial charge in [0.15, 0.2) is 5.60 Å². The number of benzene rings is 4. The van der Waals surface area contributed by atoms with E-state index in [4.69, 9.17) is 18.9 Å². The number of methoxy groups -OCH3 is 2. The first-order valence-electron chi connectivity index (χ1n) is 17.1. The van der Waals surface area contributed by atoms with Crippen LogP contribution in [0.4, 0.5) is 18.9 Å². The molecule has 0 saturated carbocycles. The van der Waals surface area contributed by atoms with Crippen molar-refractivity contribution in [3.63, 3.8) is 0 Å². The third kappa shape index (κ3) is 7.21. The zero-order chi connectivity index (χ0) is 39.5. The third-order valence-corrected chi connectivity index (χ3v) is 9.80. The number of aromatic amines is 1. The molecule has 4 N–H and O–H groups in total. The minimum atomic E-state index is -5.11. The fourth-order valence-corrected chi connectivity index (χ4v) is 7.15. The first kappa shape index (κ1) is 38.8. The molecule has 6 rings (SSSR count). The largest absolute Gasteiger partial charge is 0.496 e. The number of carbonyl (C=O) groups is 1. The van der Waals surface area contributed by atoms with Crippen LogP contribution in [0.1, 0.15) is 34.9 Å². The van der Waals surface area contributed by atoms with Crippen molar-refractivity contribution in [3.05, 3.63) is 152 Å². The molecule has 12 nitrogen and oxygen atoms in total. The van der Waals surface area contributed by atoms with Crippen molar-refractivity contribution in [1.82, 2.24) is 9.55 Å². The SMILES string of the molecule is COc1ccccc1C(c1ccccc1)(c1ccccc1OC)C(O)[C@@]1(COc2ccc(NC(=O)C(F)(F)F)cc2)O[C@@H](n2cc(C)c(=O)[nH]c2=O)C[C@@H]1O. The number of hydrogen-bond donors (Lipinski definition) is 4. The number of carbonyl (C=O) groups excluding carboxylic acids is 1. The minimum absolute atomic E-state index is 0.0766. The molecule has 4 atom stereocenters. The molecule has 1 aromatic heterocycles. The van der Waals surface area contributed by atoms with Crippen molar-refractivity contribution in [2.45, 2.75) is 49.0 Å². The molecule has 15 heteroatoms. The summed E-state index contributed by atoms with van der Waals surface area (Å²) in [4.78, 5) is 39.2. The van der Waals surface area contributed by atoms with E-state index in [1.54, 1.807) is 84.2 Å². The summed E-state index contributed by atoms with van der Waals surface area (Å²) in [6, 6.07) is 27.9. The first-order chi connectivity index (χ1) is 26.3. The Balaban J connectivity index is 1.57. The summed E-state index contributed by atoms with van der Waals surface area (Å²) >= 11 is 0. The maximum Gasteiger partial charge on any atom is 0.471 e. The Morgan fingerprint density at radius 2 is 1.49 bits per heavy atom. The molecule has 55 heavy (non-hydrogen) atoms. The van der Waals surface area contributed by atoms with Gasteiger partial charge in [0.05, 0.1) is 25.7 Å². The lowest BCUT2D eigenvalue weighted by molar-refractivity contribution is -0.190. The van der Waals surface area contributed by atoms with Crippen molar-refractivity contribution in [3.8, 4) is 17.2 Å². The molecule has 5 aromatic rings. The van der Waals surface area contributed by atoms with E-state index in [-0.39, 0.29) is 23.4 Å². The molecule has 1 aliphatic rings. The van der Waals surface area contributed by atoms with Gasteiger partial charge >= 0.3 is 17.8 Å². The lowest BCUT2D eigenvalue weighted by Crippen LogP contribution is -2.63. The van der Waals surface area contributed by atoms with Crippen LogP contribution in [0, 0.1) is 6.92 Å². The highest BCUT2D eigenvalue weighted by molar-refractivity contribution is 5.94. The van der Waals surface area contributed by atoms with E-state index in [0.717, 1.165) is 4.57 Å². The van der Waals surface area contributed by atoms with Crippen molar-refractivity contribution >= 4 is 11.6 Å². The number of alkyl halides is 3. The van der Waals surface area contributed by atoms with E-state index in [2.05, 4.69) is 4.98 Å². The van der Waals surface area contributed by atoms with E-state index in [1.807, 2.05) is 0 Å². The van der Waals surface area contributed by atoms with Gasteiger partial charge in [-0.2, -0.15) is 13.2 Å². The maximum atomic E-state index is 13.4. The zero-order valence-corrected chi connectivity index (χ0v) is 29.9. The van der Waals surface area contributed by atoms with Crippen LogP contribution in [0.3, 0.4) is 0 Å². The summed E-state index contributed by atoms with van der Waals surface area (Å²) in [6.45, 7) is 0.909. The van der Waals surface area contributed by atoms with Crippen LogP contribution in [-0.2, 0) is 14.9 Å². The van der Waals surface area contributed by atoms with Gasteiger partial charge < -0.3 is 34.5 Å². The summed E-state index contributed by atoms with van der Waals surface area (Å²) in [5, 5.41) is 27.4. The molecule has 2 heterocycles. The van der Waals surface area contributed by atoms with Crippen LogP contribution in [0.15, 0.2) is 119 Å². The highest BCUT2D eigenvalue weighted by atomic mass is 19.4. The van der Waals surface area contributed by atoms with Gasteiger partial charge in [0, 0.05) is 35.0 Å². The number of aromatic nitrogens is 2. The van der Waals surface area contributed by atoms with Gasteiger partial charge in [-0.15, -0.1) is 0 Å². The Morgan fingerprint density at radius 1 is 0.927 bits per heavy atom. The van der Waals surface area contributed by atoms with Crippen molar-refractivity contribution in [2.24, 2.45) is 0 Å². The van der Waals surface area contributed by atoms with Crippen LogP contribution in [0.2, 0.25) is 0 Å². The highest BCUT2D eigenvalue weighted by Gasteiger charge is 2.63. The lowest BCUT2D eigenvalue weighted by atomic mass is 9.60. The Bertz CT molecular complexity index is 2210. The third-order valence-electron chi connectivity index (χ3n) is 9.80. The van der Waals surface area contributed by atoms with Gasteiger partial charge in [0.1, 0.15) is 36.2 Å². The number of para-hydroxylation sites is 2. The molecule has 0 bridgehead atoms. The Labute approximate surface area is 312 Å². The summed E-state index contributed by atoms with van der Waals surface area (Å²) in [6.07, 6.45) is -8.67. The average molecular weight is 762 g/mol. The van der Waals surface area contributed by atoms with Crippen LogP contribution in [0.25, 0.3) is 0 Å². The van der Waals surface area contributed by atoms with Gasteiger partial charge in [0.2, 0.25) is 0 Å². The fraction of sp³-hybridized carbons (Fsp3) is 0.275. The Hall–Kier alpha value is -5.90. The van der Waals surface area contributed by atoms with Crippen LogP contribution in [-0.4, -0.2) is 70.5 Å². The molecule has 1 unspecified atom stereocenters. The number of nitrogens with zero attached hydrogens (tertiary/aromatic N) is 1. The van der Waals surface area contributed by atoms with Crippen LogP contribution < -0.4 is 30.8 Å². The van der Waals surface area contributed by atoms with Crippen LogP contribution >= 0.6 is 0 Å². The molecule has 1 fully saturated rings. The van der Waals surface area contributed by atoms with E-state index in [1.165, 1.54) is 51.6 Å². The number of H-pyrrole nitrogens is 1. The second-order valence-electron chi connectivity index (χ2n) is 13.0. The van der Waals surface area contributed by atoms with Gasteiger partial charge in [-0.25, -0.2) is 4.79 Å². The number of aliphatic hydroxyl groups excluding tert-OH is 2. The monoisotopic (exact) mass is 761 g/mol. The maximum absolute atomic E-state index is 13.4. The molecule has 1 saturated heterocycles. The number of aliphatic hydroxyl groups is 2. The van der Waals surface area contributed by atoms with Crippen molar-refractivity contribution in [2.75, 3.05) is 26.1 Å². The number of nitrogens with one attached hydrogen (secondary N) is 2. The second-order valence-corrected chi connectivity index (χ2v) is 13.0. The van der Waals surface area contributed by atoms with Crippen molar-refractivity contribution < 1.29 is 47.1 Å². The number of rotatable bonds is 12. The minimum Gasteiger partial charge on any atom is -0.496 e. The molecule has 0 radical (unpaired) electrons. The summed E-state index contributed by atoms with van der Waals surface area (Å²) in [5.74, 6) is -1.36. The van der Waals surface area contributed by atoms with E-state index in [9.17, 15) is 37.8 Å². The predicted molar refractivity (Wildman–Crippen MR) is 194 cm³/mol. The number of anilines is 1. The number of ether oxygens (including phenoxy) is 4. The molecule has 288 valence electrons. The summed E-state index contributed by atoms with van der Waals surface area (Å²) < 4.78 is 64.5. The second kappa shape index (κ2) is 15.5. The average Bonchev–Trinajstić information content (AvgIpc) is 3.52.